The van der Waals surface area contributed by atoms with Crippen LogP contribution in [0.5, 0.6) is 0 Å². The van der Waals surface area contributed by atoms with E-state index in [1.165, 1.54) is 0 Å². The summed E-state index contributed by atoms with van der Waals surface area (Å²) < 4.78 is 5.46. The van der Waals surface area contributed by atoms with Crippen molar-refractivity contribution in [3.8, 4) is 0 Å². The molecular weight excluding hydrogens is 240 g/mol. The average Bonchev–Trinajstić information content (AvgIpc) is 3.09. The molecule has 1 aliphatic carbocycles. The number of nitrogen functional groups attached to an aromatic ring is 1. The summed E-state index contributed by atoms with van der Waals surface area (Å²) >= 11 is 0. The quantitative estimate of drug-likeness (QED) is 0.851. The lowest BCUT2D eigenvalue weighted by Gasteiger charge is -2.27. The van der Waals surface area contributed by atoms with Gasteiger partial charge in [-0.15, -0.1) is 0 Å². The Morgan fingerprint density at radius 3 is 2.37 bits per heavy atom. The van der Waals surface area contributed by atoms with Crippen molar-refractivity contribution in [3.05, 3.63) is 29.8 Å². The van der Waals surface area contributed by atoms with Crippen molar-refractivity contribution in [1.29, 1.82) is 0 Å². The molecule has 1 fully saturated rings. The third-order valence-electron chi connectivity index (χ3n) is 2.95. The minimum absolute atomic E-state index is 0.230. The van der Waals surface area contributed by atoms with E-state index >= 15 is 0 Å². The van der Waals surface area contributed by atoms with Gasteiger partial charge in [0.05, 0.1) is 0 Å². The zero-order chi connectivity index (χ0) is 14.0. The van der Waals surface area contributed by atoms with E-state index in [2.05, 4.69) is 0 Å². The molecule has 0 spiro atoms. The molecule has 0 aliphatic heterocycles. The minimum Gasteiger partial charge on any atom is -0.444 e. The van der Waals surface area contributed by atoms with Crippen molar-refractivity contribution in [2.24, 2.45) is 0 Å². The zero-order valence-corrected chi connectivity index (χ0v) is 11.8. The Morgan fingerprint density at radius 2 is 1.89 bits per heavy atom. The van der Waals surface area contributed by atoms with E-state index in [0.29, 0.717) is 12.6 Å². The van der Waals surface area contributed by atoms with Crippen LogP contribution >= 0.6 is 0 Å². The fraction of sp³-hybridized carbons (Fsp3) is 0.533. The minimum atomic E-state index is -0.453. The lowest BCUT2D eigenvalue weighted by atomic mass is 10.2. The second-order valence-electron chi connectivity index (χ2n) is 6.08. The van der Waals surface area contributed by atoms with Crippen LogP contribution in [0, 0.1) is 0 Å². The van der Waals surface area contributed by atoms with Gasteiger partial charge in [0.15, 0.2) is 0 Å². The predicted molar refractivity (Wildman–Crippen MR) is 75.7 cm³/mol. The predicted octanol–water partition coefficient (Wildman–Crippen LogP) is 3.17. The fourth-order valence-electron chi connectivity index (χ4n) is 1.87. The molecule has 0 atom stereocenters. The van der Waals surface area contributed by atoms with Gasteiger partial charge in [0.2, 0.25) is 0 Å². The van der Waals surface area contributed by atoms with Crippen LogP contribution in [0.3, 0.4) is 0 Å². The van der Waals surface area contributed by atoms with Gasteiger partial charge in [-0.1, -0.05) is 12.1 Å². The summed E-state index contributed by atoms with van der Waals surface area (Å²) in [5.74, 6) is 0. The number of benzene rings is 1. The molecule has 1 aromatic carbocycles. The van der Waals surface area contributed by atoms with Crippen LogP contribution < -0.4 is 5.73 Å². The number of hydrogen-bond acceptors (Lipinski definition) is 3. The van der Waals surface area contributed by atoms with E-state index < -0.39 is 5.60 Å². The first kappa shape index (κ1) is 13.7. The lowest BCUT2D eigenvalue weighted by Crippen LogP contribution is -2.37. The van der Waals surface area contributed by atoms with Crippen molar-refractivity contribution >= 4 is 11.8 Å². The highest BCUT2D eigenvalue weighted by atomic mass is 16.6. The number of ether oxygens (including phenoxy) is 1. The van der Waals surface area contributed by atoms with Crippen LogP contribution in [-0.2, 0) is 11.3 Å². The van der Waals surface area contributed by atoms with Crippen LogP contribution in [0.2, 0.25) is 0 Å². The van der Waals surface area contributed by atoms with Crippen molar-refractivity contribution in [2.75, 3.05) is 5.73 Å². The van der Waals surface area contributed by atoms with Crippen molar-refractivity contribution in [2.45, 2.75) is 51.8 Å². The molecule has 1 amide bonds. The van der Waals surface area contributed by atoms with Gasteiger partial charge >= 0.3 is 6.09 Å². The second kappa shape index (κ2) is 5.11. The Kier molecular flexibility index (Phi) is 3.69. The van der Waals surface area contributed by atoms with E-state index in [1.54, 1.807) is 0 Å². The van der Waals surface area contributed by atoms with Crippen LogP contribution in [0.4, 0.5) is 10.5 Å². The monoisotopic (exact) mass is 262 g/mol. The molecule has 2 N–H and O–H groups in total. The summed E-state index contributed by atoms with van der Waals surface area (Å²) in [5, 5.41) is 0. The standard InChI is InChI=1S/C15H22N2O2/c1-15(2,3)19-14(18)17(13-8-9-13)10-11-4-6-12(16)7-5-11/h4-7,13H,8-10,16H2,1-3H3. The molecular formula is C15H22N2O2. The van der Waals surface area contributed by atoms with E-state index in [-0.39, 0.29) is 6.09 Å². The van der Waals surface area contributed by atoms with E-state index in [0.717, 1.165) is 24.1 Å². The summed E-state index contributed by atoms with van der Waals surface area (Å²) in [6, 6.07) is 7.95. The first-order valence-corrected chi connectivity index (χ1v) is 6.69. The highest BCUT2D eigenvalue weighted by Crippen LogP contribution is 2.30. The van der Waals surface area contributed by atoms with Crippen molar-refractivity contribution < 1.29 is 9.53 Å². The number of carbonyl (C=O) groups excluding carboxylic acids is 1. The molecule has 2 rings (SSSR count). The average molecular weight is 262 g/mol. The molecule has 19 heavy (non-hydrogen) atoms. The summed E-state index contributed by atoms with van der Waals surface area (Å²) in [5.41, 5.74) is 7.03. The maximum Gasteiger partial charge on any atom is 0.410 e. The summed E-state index contributed by atoms with van der Waals surface area (Å²) in [4.78, 5) is 14.0. The van der Waals surface area contributed by atoms with Crippen LogP contribution in [0.25, 0.3) is 0 Å². The molecule has 0 unspecified atom stereocenters. The number of amides is 1. The molecule has 104 valence electrons. The van der Waals surface area contributed by atoms with Gasteiger partial charge in [-0.2, -0.15) is 0 Å². The first-order chi connectivity index (χ1) is 8.85. The Balaban J connectivity index is 2.04. The Bertz CT molecular complexity index is 444. The SMILES string of the molecule is CC(C)(C)OC(=O)N(Cc1ccc(N)cc1)C1CC1. The molecule has 0 aromatic heterocycles. The van der Waals surface area contributed by atoms with Gasteiger partial charge in [0, 0.05) is 18.3 Å². The third-order valence-corrected chi connectivity index (χ3v) is 2.95. The van der Waals surface area contributed by atoms with Crippen LogP contribution in [0.1, 0.15) is 39.2 Å². The normalized spacial score (nSPS) is 15.1. The molecule has 1 saturated carbocycles. The Hall–Kier alpha value is -1.71. The molecule has 0 heterocycles. The third kappa shape index (κ3) is 4.16. The maximum atomic E-state index is 12.2. The number of nitrogens with zero attached hydrogens (tertiary/aromatic N) is 1. The highest BCUT2D eigenvalue weighted by Gasteiger charge is 2.35. The molecule has 0 saturated heterocycles. The Labute approximate surface area is 114 Å². The van der Waals surface area contributed by atoms with Crippen LogP contribution in [0.15, 0.2) is 24.3 Å². The van der Waals surface area contributed by atoms with Crippen molar-refractivity contribution in [3.63, 3.8) is 0 Å². The second-order valence-corrected chi connectivity index (χ2v) is 6.08. The largest absolute Gasteiger partial charge is 0.444 e. The summed E-state index contributed by atoms with van der Waals surface area (Å²) in [6.45, 7) is 6.25. The lowest BCUT2D eigenvalue weighted by molar-refractivity contribution is 0.0217. The van der Waals surface area contributed by atoms with Gasteiger partial charge in [-0.25, -0.2) is 4.79 Å². The molecule has 4 nitrogen and oxygen atoms in total. The van der Waals surface area contributed by atoms with Crippen molar-refractivity contribution in [1.82, 2.24) is 4.90 Å². The summed E-state index contributed by atoms with van der Waals surface area (Å²) in [7, 11) is 0. The zero-order valence-electron chi connectivity index (χ0n) is 11.8. The number of hydrogen-bond donors (Lipinski definition) is 1. The highest BCUT2D eigenvalue weighted by molar-refractivity contribution is 5.69. The molecule has 1 aromatic rings. The fourth-order valence-corrected chi connectivity index (χ4v) is 1.87. The molecule has 1 aliphatic rings. The molecule has 4 heteroatoms. The van der Waals surface area contributed by atoms with Crippen LogP contribution in [-0.4, -0.2) is 22.6 Å². The first-order valence-electron chi connectivity index (χ1n) is 6.69. The van der Waals surface area contributed by atoms with Gasteiger partial charge in [-0.3, -0.25) is 0 Å². The van der Waals surface area contributed by atoms with E-state index in [4.69, 9.17) is 10.5 Å². The number of anilines is 1. The maximum absolute atomic E-state index is 12.2. The number of rotatable bonds is 3. The van der Waals surface area contributed by atoms with Gasteiger partial charge in [-0.05, 0) is 51.3 Å². The van der Waals surface area contributed by atoms with E-state index in [1.807, 2.05) is 49.9 Å². The van der Waals surface area contributed by atoms with E-state index in [9.17, 15) is 4.79 Å². The molecule has 0 bridgehead atoms. The molecule has 0 radical (unpaired) electrons. The Morgan fingerprint density at radius 1 is 1.32 bits per heavy atom. The van der Waals surface area contributed by atoms with Gasteiger partial charge < -0.3 is 15.4 Å². The topological polar surface area (TPSA) is 55.6 Å². The van der Waals surface area contributed by atoms with Gasteiger partial charge in [0.25, 0.3) is 0 Å². The summed E-state index contributed by atoms with van der Waals surface area (Å²) in [6.07, 6.45) is 1.90. The number of carbonyl (C=O) groups is 1. The smallest absolute Gasteiger partial charge is 0.410 e. The number of nitrogens with two attached hydrogens (primary N) is 1. The van der Waals surface area contributed by atoms with Gasteiger partial charge in [0.1, 0.15) is 5.60 Å².